The molecule has 0 fully saturated rings. The number of fused-ring (bicyclic) bond motifs is 3. The Bertz CT molecular complexity index is 1360. The molecule has 0 aliphatic rings. The number of nitrogens with zero attached hydrogens (tertiary/aromatic N) is 5. The van der Waals surface area contributed by atoms with Gasteiger partial charge in [-0.25, -0.2) is 0 Å². The molecule has 1 atom stereocenters. The minimum Gasteiger partial charge on any atom is -0.338 e. The van der Waals surface area contributed by atoms with Gasteiger partial charge in [-0.15, -0.1) is 10.2 Å². The molecule has 0 aliphatic carbocycles. The monoisotopic (exact) mass is 447 g/mol. The smallest absolute Gasteiger partial charge is 0.338 e. The standard InChI is InChI=1S/C19H12F3N5OS2/c1-10(29-17-24-25-18-27(17)13-7-2-3-8-14(13)30-18)16-23-15(26-28-16)11-5-4-6-12(9-11)19(20,21)22/h2-10H,1H3/t10-/m0/s1. The van der Waals surface area contributed by atoms with Crippen LogP contribution in [0, 0.1) is 0 Å². The second-order valence-electron chi connectivity index (χ2n) is 6.47. The summed E-state index contributed by atoms with van der Waals surface area (Å²) >= 11 is 2.93. The summed E-state index contributed by atoms with van der Waals surface area (Å²) < 4.78 is 47.3. The lowest BCUT2D eigenvalue weighted by Gasteiger charge is -2.06. The fourth-order valence-corrected chi connectivity index (χ4v) is 4.91. The summed E-state index contributed by atoms with van der Waals surface area (Å²) in [6.07, 6.45) is -4.44. The number of halogens is 3. The lowest BCUT2D eigenvalue weighted by molar-refractivity contribution is -0.137. The predicted octanol–water partition coefficient (Wildman–Crippen LogP) is 5.87. The van der Waals surface area contributed by atoms with E-state index in [1.54, 1.807) is 11.3 Å². The number of thioether (sulfide) groups is 1. The van der Waals surface area contributed by atoms with Crippen molar-refractivity contribution in [3.63, 3.8) is 0 Å². The predicted molar refractivity (Wildman–Crippen MR) is 107 cm³/mol. The van der Waals surface area contributed by atoms with Gasteiger partial charge in [0.15, 0.2) is 5.16 Å². The van der Waals surface area contributed by atoms with Gasteiger partial charge < -0.3 is 4.52 Å². The number of rotatable bonds is 4. The Morgan fingerprint density at radius 1 is 1.10 bits per heavy atom. The Hall–Kier alpha value is -2.92. The van der Waals surface area contributed by atoms with E-state index < -0.39 is 11.7 Å². The lowest BCUT2D eigenvalue weighted by atomic mass is 10.1. The van der Waals surface area contributed by atoms with Crippen molar-refractivity contribution in [2.45, 2.75) is 23.5 Å². The number of thiazole rings is 1. The van der Waals surface area contributed by atoms with Crippen molar-refractivity contribution in [1.29, 1.82) is 0 Å². The van der Waals surface area contributed by atoms with Crippen molar-refractivity contribution in [2.24, 2.45) is 0 Å². The van der Waals surface area contributed by atoms with Crippen LogP contribution in [0.5, 0.6) is 0 Å². The molecule has 152 valence electrons. The minimum absolute atomic E-state index is 0.107. The van der Waals surface area contributed by atoms with Crippen molar-refractivity contribution >= 4 is 38.3 Å². The summed E-state index contributed by atoms with van der Waals surface area (Å²) in [5.74, 6) is 0.402. The Morgan fingerprint density at radius 2 is 1.93 bits per heavy atom. The molecule has 3 heterocycles. The molecular formula is C19H12F3N5OS2. The number of aromatic nitrogens is 5. The second kappa shape index (κ2) is 7.10. The molecule has 0 spiro atoms. The zero-order valence-corrected chi connectivity index (χ0v) is 16.9. The van der Waals surface area contributed by atoms with Crippen LogP contribution < -0.4 is 0 Å². The van der Waals surface area contributed by atoms with E-state index in [9.17, 15) is 13.2 Å². The summed E-state index contributed by atoms with van der Waals surface area (Å²) in [6, 6.07) is 12.8. The average Bonchev–Trinajstić information content (AvgIpc) is 3.43. The van der Waals surface area contributed by atoms with E-state index >= 15 is 0 Å². The van der Waals surface area contributed by atoms with Crippen LogP contribution >= 0.6 is 23.1 Å². The van der Waals surface area contributed by atoms with Gasteiger partial charge in [-0.05, 0) is 31.2 Å². The van der Waals surface area contributed by atoms with E-state index in [4.69, 9.17) is 4.52 Å². The molecule has 0 unspecified atom stereocenters. The molecule has 0 saturated carbocycles. The highest BCUT2D eigenvalue weighted by Crippen LogP contribution is 2.37. The third-order valence-corrected chi connectivity index (χ3v) is 6.47. The maximum absolute atomic E-state index is 13.0. The van der Waals surface area contributed by atoms with Gasteiger partial charge in [0.05, 0.1) is 21.0 Å². The topological polar surface area (TPSA) is 69.1 Å². The number of hydrogen-bond acceptors (Lipinski definition) is 7. The highest BCUT2D eigenvalue weighted by Gasteiger charge is 2.31. The van der Waals surface area contributed by atoms with E-state index in [0.29, 0.717) is 11.0 Å². The van der Waals surface area contributed by atoms with Crippen molar-refractivity contribution in [2.75, 3.05) is 0 Å². The first kappa shape index (κ1) is 19.1. The van der Waals surface area contributed by atoms with Gasteiger partial charge >= 0.3 is 6.18 Å². The molecule has 5 aromatic rings. The first-order chi connectivity index (χ1) is 14.4. The van der Waals surface area contributed by atoms with Crippen LogP contribution in [0.4, 0.5) is 13.2 Å². The average molecular weight is 447 g/mol. The number of para-hydroxylation sites is 1. The van der Waals surface area contributed by atoms with Gasteiger partial charge in [0.25, 0.3) is 0 Å². The van der Waals surface area contributed by atoms with Crippen LogP contribution in [0.15, 0.2) is 58.2 Å². The fraction of sp³-hybridized carbons (Fsp3) is 0.158. The lowest BCUT2D eigenvalue weighted by Crippen LogP contribution is -2.04. The molecule has 3 aromatic heterocycles. The number of alkyl halides is 3. The van der Waals surface area contributed by atoms with Crippen LogP contribution in [0.1, 0.15) is 23.6 Å². The maximum atomic E-state index is 13.0. The van der Waals surface area contributed by atoms with E-state index in [2.05, 4.69) is 20.3 Å². The fourth-order valence-electron chi connectivity index (χ4n) is 2.99. The van der Waals surface area contributed by atoms with Gasteiger partial charge in [0.1, 0.15) is 0 Å². The van der Waals surface area contributed by atoms with Crippen molar-refractivity contribution in [3.05, 3.63) is 60.0 Å². The van der Waals surface area contributed by atoms with Gasteiger partial charge in [-0.2, -0.15) is 18.2 Å². The van der Waals surface area contributed by atoms with Crippen LogP contribution in [0.2, 0.25) is 0 Å². The van der Waals surface area contributed by atoms with Crippen LogP contribution in [-0.2, 0) is 6.18 Å². The molecule has 30 heavy (non-hydrogen) atoms. The number of hydrogen-bond donors (Lipinski definition) is 0. The highest BCUT2D eigenvalue weighted by atomic mass is 32.2. The van der Waals surface area contributed by atoms with E-state index in [-0.39, 0.29) is 16.6 Å². The Balaban J connectivity index is 1.43. The molecule has 0 saturated heterocycles. The van der Waals surface area contributed by atoms with Crippen LogP contribution in [-0.4, -0.2) is 24.7 Å². The largest absolute Gasteiger partial charge is 0.416 e. The summed E-state index contributed by atoms with van der Waals surface area (Å²) in [5.41, 5.74) is 0.488. The molecule has 0 radical (unpaired) electrons. The summed E-state index contributed by atoms with van der Waals surface area (Å²) in [6.45, 7) is 1.86. The second-order valence-corrected chi connectivity index (χ2v) is 8.78. The molecule has 2 aromatic carbocycles. The highest BCUT2D eigenvalue weighted by molar-refractivity contribution is 7.99. The van der Waals surface area contributed by atoms with E-state index in [1.165, 1.54) is 23.9 Å². The first-order valence-electron chi connectivity index (χ1n) is 8.81. The molecule has 0 amide bonds. The molecule has 0 bridgehead atoms. The van der Waals surface area contributed by atoms with Crippen molar-refractivity contribution in [3.8, 4) is 11.4 Å². The molecule has 11 heteroatoms. The molecule has 5 rings (SSSR count). The maximum Gasteiger partial charge on any atom is 0.416 e. The summed E-state index contributed by atoms with van der Waals surface area (Å²) in [5, 5.41) is 12.7. The van der Waals surface area contributed by atoms with Crippen LogP contribution in [0.3, 0.4) is 0 Å². The summed E-state index contributed by atoms with van der Waals surface area (Å²) in [7, 11) is 0. The zero-order valence-electron chi connectivity index (χ0n) is 15.3. The van der Waals surface area contributed by atoms with Crippen LogP contribution in [0.25, 0.3) is 26.6 Å². The number of benzene rings is 2. The van der Waals surface area contributed by atoms with Crippen molar-refractivity contribution < 1.29 is 17.7 Å². The molecular weight excluding hydrogens is 435 g/mol. The summed E-state index contributed by atoms with van der Waals surface area (Å²) in [4.78, 5) is 5.07. The van der Waals surface area contributed by atoms with Gasteiger partial charge in [0, 0.05) is 5.56 Å². The quantitative estimate of drug-likeness (QED) is 0.321. The van der Waals surface area contributed by atoms with Crippen molar-refractivity contribution in [1.82, 2.24) is 24.7 Å². The normalized spacial score (nSPS) is 13.3. The third-order valence-electron chi connectivity index (χ3n) is 4.43. The molecule has 6 nitrogen and oxygen atoms in total. The first-order valence-corrected chi connectivity index (χ1v) is 10.5. The molecule has 0 aliphatic heterocycles. The van der Waals surface area contributed by atoms with E-state index in [0.717, 1.165) is 27.3 Å². The minimum atomic E-state index is -4.44. The Kier molecular flexibility index (Phi) is 4.51. The molecule has 0 N–H and O–H groups in total. The van der Waals surface area contributed by atoms with E-state index in [1.807, 2.05) is 35.6 Å². The van der Waals surface area contributed by atoms with Gasteiger partial charge in [-0.3, -0.25) is 4.40 Å². The Labute approximate surface area is 175 Å². The SMILES string of the molecule is C[C@H](Sc1nnc2sc3ccccc3n12)c1nc(-c2cccc(C(F)(F)F)c2)no1. The van der Waals surface area contributed by atoms with Gasteiger partial charge in [-0.1, -0.05) is 52.5 Å². The third kappa shape index (κ3) is 3.33. The zero-order chi connectivity index (χ0) is 20.9. The Morgan fingerprint density at radius 3 is 2.77 bits per heavy atom. The van der Waals surface area contributed by atoms with Gasteiger partial charge in [0.2, 0.25) is 16.7 Å².